The monoisotopic (exact) mass is 497 g/mol. The number of hydrogen-bond acceptors (Lipinski definition) is 6. The lowest BCUT2D eigenvalue weighted by Gasteiger charge is -2.20. The number of anilines is 1. The molecule has 0 aliphatic carbocycles. The summed E-state index contributed by atoms with van der Waals surface area (Å²) < 4.78 is 52.1. The van der Waals surface area contributed by atoms with Crippen molar-refractivity contribution < 1.29 is 27.1 Å². The molecule has 4 rings (SSSR count). The normalized spacial score (nSPS) is 15.5. The molecule has 1 heterocycles. The predicted molar refractivity (Wildman–Crippen MR) is 130 cm³/mol. The Morgan fingerprint density at radius 1 is 1.03 bits per heavy atom. The fourth-order valence-electron chi connectivity index (χ4n) is 3.86. The first kappa shape index (κ1) is 24.2. The highest BCUT2D eigenvalue weighted by Crippen LogP contribution is 2.34. The van der Waals surface area contributed by atoms with Crippen molar-refractivity contribution in [1.82, 2.24) is 5.01 Å². The molecule has 8 nitrogen and oxygen atoms in total. The number of carbonyl (C=O) groups is 1. The first-order valence-corrected chi connectivity index (χ1v) is 12.2. The van der Waals surface area contributed by atoms with Gasteiger partial charge in [-0.2, -0.15) is 5.10 Å². The molecule has 1 N–H and O–H groups in total. The maximum atomic E-state index is 13.3. The molecular weight excluding hydrogens is 473 g/mol. The van der Waals surface area contributed by atoms with Crippen LogP contribution < -0.4 is 14.2 Å². The number of halogens is 1. The lowest BCUT2D eigenvalue weighted by molar-refractivity contribution is -0.130. The van der Waals surface area contributed by atoms with Crippen molar-refractivity contribution >= 4 is 27.3 Å². The van der Waals surface area contributed by atoms with E-state index in [1.807, 2.05) is 0 Å². The van der Waals surface area contributed by atoms with Gasteiger partial charge in [-0.25, -0.2) is 17.8 Å². The van der Waals surface area contributed by atoms with Gasteiger partial charge >= 0.3 is 0 Å². The van der Waals surface area contributed by atoms with Crippen LogP contribution in [-0.2, 0) is 14.8 Å². The number of hydrogen-bond donors (Lipinski definition) is 1. The van der Waals surface area contributed by atoms with Crippen LogP contribution in [0.2, 0.25) is 0 Å². The molecule has 10 heteroatoms. The molecule has 1 aliphatic heterocycles. The lowest BCUT2D eigenvalue weighted by atomic mass is 9.98. The first-order valence-electron chi connectivity index (χ1n) is 10.7. The maximum absolute atomic E-state index is 13.3. The van der Waals surface area contributed by atoms with E-state index in [1.165, 1.54) is 56.5 Å². The lowest BCUT2D eigenvalue weighted by Crippen LogP contribution is -2.24. The van der Waals surface area contributed by atoms with Gasteiger partial charge in [0.25, 0.3) is 10.0 Å². The minimum absolute atomic E-state index is 0.0238. The Morgan fingerprint density at radius 3 is 2.31 bits per heavy atom. The van der Waals surface area contributed by atoms with E-state index >= 15 is 0 Å². The number of hydrazone groups is 1. The molecule has 3 aromatic rings. The minimum atomic E-state index is -3.93. The fourth-order valence-corrected chi connectivity index (χ4v) is 5.07. The molecule has 0 saturated carbocycles. The van der Waals surface area contributed by atoms with Crippen LogP contribution in [0.1, 0.15) is 30.5 Å². The Balaban J connectivity index is 1.54. The molecule has 1 atom stereocenters. The third-order valence-corrected chi connectivity index (χ3v) is 7.04. The summed E-state index contributed by atoms with van der Waals surface area (Å²) in [7, 11) is -1.06. The molecule has 35 heavy (non-hydrogen) atoms. The number of carbonyl (C=O) groups excluding carboxylic acids is 1. The summed E-state index contributed by atoms with van der Waals surface area (Å²) in [4.78, 5) is 12.1. The summed E-state index contributed by atoms with van der Waals surface area (Å²) in [5.41, 5.74) is 2.54. The van der Waals surface area contributed by atoms with E-state index in [-0.39, 0.29) is 28.4 Å². The van der Waals surface area contributed by atoms with Crippen LogP contribution in [-0.4, -0.2) is 39.3 Å². The van der Waals surface area contributed by atoms with Crippen molar-refractivity contribution in [3.8, 4) is 11.5 Å². The zero-order valence-corrected chi connectivity index (χ0v) is 20.2. The predicted octanol–water partition coefficient (Wildman–Crippen LogP) is 4.34. The topological polar surface area (TPSA) is 97.3 Å². The molecule has 0 saturated heterocycles. The van der Waals surface area contributed by atoms with Gasteiger partial charge in [0.1, 0.15) is 22.2 Å². The number of sulfonamides is 1. The van der Waals surface area contributed by atoms with E-state index in [0.717, 1.165) is 11.1 Å². The SMILES string of the molecule is COc1ccc(S(=O)(=O)Nc2ccc(C3=NN(C(C)=O)C(c4ccc(F)cc4)C3)cc2)c(OC)c1. The van der Waals surface area contributed by atoms with Gasteiger partial charge < -0.3 is 9.47 Å². The smallest absolute Gasteiger partial charge is 0.265 e. The van der Waals surface area contributed by atoms with Crippen molar-refractivity contribution in [3.05, 3.63) is 83.7 Å². The average Bonchev–Trinajstić information content (AvgIpc) is 3.30. The zero-order chi connectivity index (χ0) is 25.2. The standard InChI is InChI=1S/C25H24FN3O5S/c1-16(30)29-23(18-4-8-19(26)9-5-18)15-22(27-29)17-6-10-20(11-7-17)28-35(31,32)25-13-12-21(33-2)14-24(25)34-3/h4-14,23,28H,15H2,1-3H3. The van der Waals surface area contributed by atoms with Crippen LogP contribution in [0.25, 0.3) is 0 Å². The second-order valence-electron chi connectivity index (χ2n) is 7.88. The second-order valence-corrected chi connectivity index (χ2v) is 9.53. The largest absolute Gasteiger partial charge is 0.497 e. The zero-order valence-electron chi connectivity index (χ0n) is 19.4. The van der Waals surface area contributed by atoms with Crippen molar-refractivity contribution in [2.75, 3.05) is 18.9 Å². The second kappa shape index (κ2) is 9.75. The highest BCUT2D eigenvalue weighted by atomic mass is 32.2. The summed E-state index contributed by atoms with van der Waals surface area (Å²) in [6, 6.07) is 16.8. The number of methoxy groups -OCH3 is 2. The van der Waals surface area contributed by atoms with Crippen LogP contribution in [0, 0.1) is 5.82 Å². The van der Waals surface area contributed by atoms with Crippen molar-refractivity contribution in [1.29, 1.82) is 0 Å². The van der Waals surface area contributed by atoms with Crippen molar-refractivity contribution in [2.24, 2.45) is 5.10 Å². The number of rotatable bonds is 7. The van der Waals surface area contributed by atoms with E-state index < -0.39 is 10.0 Å². The molecule has 0 radical (unpaired) electrons. The van der Waals surface area contributed by atoms with E-state index in [2.05, 4.69) is 9.82 Å². The molecule has 1 unspecified atom stereocenters. The summed E-state index contributed by atoms with van der Waals surface area (Å²) in [5.74, 6) is 0.0469. The van der Waals surface area contributed by atoms with Crippen LogP contribution in [0.5, 0.6) is 11.5 Å². The highest BCUT2D eigenvalue weighted by molar-refractivity contribution is 7.92. The Labute approximate surface area is 203 Å². The van der Waals surface area contributed by atoms with E-state index in [4.69, 9.17) is 9.47 Å². The van der Waals surface area contributed by atoms with Gasteiger partial charge in [0.15, 0.2) is 0 Å². The van der Waals surface area contributed by atoms with E-state index in [1.54, 1.807) is 36.4 Å². The van der Waals surface area contributed by atoms with Gasteiger partial charge in [0, 0.05) is 25.1 Å². The molecule has 0 bridgehead atoms. The summed E-state index contributed by atoms with van der Waals surface area (Å²) in [5, 5.41) is 5.85. The van der Waals surface area contributed by atoms with Gasteiger partial charge in [0.2, 0.25) is 5.91 Å². The Kier molecular flexibility index (Phi) is 6.74. The summed E-state index contributed by atoms with van der Waals surface area (Å²) in [6.45, 7) is 1.42. The van der Waals surface area contributed by atoms with Crippen LogP contribution >= 0.6 is 0 Å². The van der Waals surface area contributed by atoms with Crippen LogP contribution in [0.3, 0.4) is 0 Å². The molecule has 0 aromatic heterocycles. The molecule has 182 valence electrons. The van der Waals surface area contributed by atoms with Crippen molar-refractivity contribution in [3.63, 3.8) is 0 Å². The Morgan fingerprint density at radius 2 is 1.71 bits per heavy atom. The summed E-state index contributed by atoms with van der Waals surface area (Å²) >= 11 is 0. The van der Waals surface area contributed by atoms with Gasteiger partial charge in [-0.1, -0.05) is 24.3 Å². The van der Waals surface area contributed by atoms with Gasteiger partial charge in [-0.15, -0.1) is 0 Å². The average molecular weight is 498 g/mol. The molecule has 0 fully saturated rings. The minimum Gasteiger partial charge on any atom is -0.497 e. The third-order valence-electron chi connectivity index (χ3n) is 5.62. The van der Waals surface area contributed by atoms with Crippen molar-refractivity contribution in [2.45, 2.75) is 24.3 Å². The number of amides is 1. The van der Waals surface area contributed by atoms with Gasteiger partial charge in [0.05, 0.1) is 26.0 Å². The number of nitrogens with one attached hydrogen (secondary N) is 1. The Hall–Kier alpha value is -3.92. The molecule has 3 aromatic carbocycles. The number of ether oxygens (including phenoxy) is 2. The summed E-state index contributed by atoms with van der Waals surface area (Å²) in [6.07, 6.45) is 0.444. The van der Waals surface area contributed by atoms with E-state index in [9.17, 15) is 17.6 Å². The molecule has 1 amide bonds. The van der Waals surface area contributed by atoms with Gasteiger partial charge in [-0.3, -0.25) is 9.52 Å². The number of benzene rings is 3. The maximum Gasteiger partial charge on any atom is 0.265 e. The third kappa shape index (κ3) is 5.12. The Bertz CT molecular complexity index is 1370. The molecular formula is C25H24FN3O5S. The van der Waals surface area contributed by atoms with Crippen LogP contribution in [0.15, 0.2) is 76.7 Å². The number of nitrogens with zero attached hydrogens (tertiary/aromatic N) is 2. The molecule has 0 spiro atoms. The van der Waals surface area contributed by atoms with E-state index in [0.29, 0.717) is 23.6 Å². The highest BCUT2D eigenvalue weighted by Gasteiger charge is 2.31. The van der Waals surface area contributed by atoms with Gasteiger partial charge in [-0.05, 0) is 47.5 Å². The van der Waals surface area contributed by atoms with Crippen LogP contribution in [0.4, 0.5) is 10.1 Å². The molecule has 1 aliphatic rings. The fraction of sp³-hybridized carbons (Fsp3) is 0.200. The quantitative estimate of drug-likeness (QED) is 0.524. The first-order chi connectivity index (χ1) is 16.7.